The van der Waals surface area contributed by atoms with Crippen molar-refractivity contribution in [2.24, 2.45) is 4.99 Å². The van der Waals surface area contributed by atoms with Gasteiger partial charge in [-0.3, -0.25) is 4.79 Å². The van der Waals surface area contributed by atoms with Gasteiger partial charge in [-0.05, 0) is 24.6 Å². The fourth-order valence-electron chi connectivity index (χ4n) is 2.83. The SMILES string of the molecule is C=CCn1c(=NC(=O)c2cc(-c3ccccc3)on2)sc2cc(C)ccc21. The van der Waals surface area contributed by atoms with Crippen molar-refractivity contribution in [1.82, 2.24) is 9.72 Å². The van der Waals surface area contributed by atoms with Crippen LogP contribution in [0.15, 0.2) is 76.8 Å². The summed E-state index contributed by atoms with van der Waals surface area (Å²) < 4.78 is 8.36. The molecule has 0 aliphatic carbocycles. The van der Waals surface area contributed by atoms with E-state index in [4.69, 9.17) is 4.52 Å². The molecule has 2 heterocycles. The van der Waals surface area contributed by atoms with Gasteiger partial charge in [0.25, 0.3) is 0 Å². The maximum Gasteiger partial charge on any atom is 0.301 e. The van der Waals surface area contributed by atoms with Gasteiger partial charge in [-0.2, -0.15) is 4.99 Å². The largest absolute Gasteiger partial charge is 0.355 e. The van der Waals surface area contributed by atoms with Gasteiger partial charge in [0, 0.05) is 18.2 Å². The zero-order valence-corrected chi connectivity index (χ0v) is 15.6. The molecule has 0 saturated carbocycles. The van der Waals surface area contributed by atoms with E-state index in [0.717, 1.165) is 21.3 Å². The fourth-order valence-corrected chi connectivity index (χ4v) is 3.97. The van der Waals surface area contributed by atoms with Crippen molar-refractivity contribution in [2.45, 2.75) is 13.5 Å². The van der Waals surface area contributed by atoms with Crippen molar-refractivity contribution < 1.29 is 9.32 Å². The van der Waals surface area contributed by atoms with Crippen LogP contribution in [0.1, 0.15) is 16.1 Å². The minimum absolute atomic E-state index is 0.188. The van der Waals surface area contributed by atoms with Crippen molar-refractivity contribution >= 4 is 27.5 Å². The van der Waals surface area contributed by atoms with Crippen LogP contribution in [-0.4, -0.2) is 15.6 Å². The maximum absolute atomic E-state index is 12.6. The summed E-state index contributed by atoms with van der Waals surface area (Å²) >= 11 is 1.47. The highest BCUT2D eigenvalue weighted by molar-refractivity contribution is 7.16. The molecule has 0 aliphatic rings. The summed E-state index contributed by atoms with van der Waals surface area (Å²) in [6.45, 7) is 6.42. The first kappa shape index (κ1) is 17.2. The van der Waals surface area contributed by atoms with Crippen LogP contribution in [0.5, 0.6) is 0 Å². The summed E-state index contributed by atoms with van der Waals surface area (Å²) in [5.74, 6) is 0.113. The van der Waals surface area contributed by atoms with Gasteiger partial charge in [-0.1, -0.05) is 59.0 Å². The molecule has 0 bridgehead atoms. The number of fused-ring (bicyclic) bond motifs is 1. The first-order chi connectivity index (χ1) is 13.2. The molecule has 0 fully saturated rings. The summed E-state index contributed by atoms with van der Waals surface area (Å²) in [4.78, 5) is 17.5. The lowest BCUT2D eigenvalue weighted by Gasteiger charge is -2.00. The molecule has 0 spiro atoms. The Hall–Kier alpha value is -3.25. The molecule has 2 aromatic heterocycles. The normalized spacial score (nSPS) is 11.8. The molecule has 0 saturated heterocycles. The summed E-state index contributed by atoms with van der Waals surface area (Å²) in [6.07, 6.45) is 1.79. The molecule has 0 radical (unpaired) electrons. The molecular formula is C21H17N3O2S. The van der Waals surface area contributed by atoms with Gasteiger partial charge >= 0.3 is 5.91 Å². The fraction of sp³-hybridized carbons (Fsp3) is 0.0952. The Labute approximate surface area is 159 Å². The van der Waals surface area contributed by atoms with Crippen molar-refractivity contribution in [3.05, 3.63) is 83.3 Å². The van der Waals surface area contributed by atoms with E-state index in [9.17, 15) is 4.79 Å². The van der Waals surface area contributed by atoms with E-state index in [2.05, 4.69) is 22.8 Å². The molecule has 0 aliphatic heterocycles. The van der Waals surface area contributed by atoms with E-state index in [-0.39, 0.29) is 5.69 Å². The molecule has 6 heteroatoms. The number of aromatic nitrogens is 2. The molecule has 2 aromatic carbocycles. The molecule has 5 nitrogen and oxygen atoms in total. The molecule has 27 heavy (non-hydrogen) atoms. The van der Waals surface area contributed by atoms with Gasteiger partial charge in [0.15, 0.2) is 16.3 Å². The third kappa shape index (κ3) is 3.39. The smallest absolute Gasteiger partial charge is 0.301 e. The van der Waals surface area contributed by atoms with Gasteiger partial charge in [0.2, 0.25) is 0 Å². The van der Waals surface area contributed by atoms with Gasteiger partial charge in [0.1, 0.15) is 0 Å². The van der Waals surface area contributed by atoms with Crippen molar-refractivity contribution in [2.75, 3.05) is 0 Å². The number of aryl methyl sites for hydroxylation is 1. The molecule has 0 atom stereocenters. The van der Waals surface area contributed by atoms with Gasteiger partial charge < -0.3 is 9.09 Å². The lowest BCUT2D eigenvalue weighted by atomic mass is 10.1. The predicted octanol–water partition coefficient (Wildman–Crippen LogP) is 4.59. The van der Waals surface area contributed by atoms with Crippen LogP contribution in [0.2, 0.25) is 0 Å². The number of benzene rings is 2. The van der Waals surface area contributed by atoms with E-state index >= 15 is 0 Å². The Morgan fingerprint density at radius 1 is 1.26 bits per heavy atom. The Bertz CT molecular complexity index is 1200. The van der Waals surface area contributed by atoms with E-state index in [1.165, 1.54) is 11.3 Å². The third-order valence-corrected chi connectivity index (χ3v) is 5.18. The number of hydrogen-bond acceptors (Lipinski definition) is 4. The molecule has 134 valence electrons. The average molecular weight is 375 g/mol. The summed E-state index contributed by atoms with van der Waals surface area (Å²) in [6, 6.07) is 17.3. The topological polar surface area (TPSA) is 60.4 Å². The van der Waals surface area contributed by atoms with E-state index in [1.807, 2.05) is 54.0 Å². The molecule has 0 unspecified atom stereocenters. The first-order valence-corrected chi connectivity index (χ1v) is 9.29. The third-order valence-electron chi connectivity index (χ3n) is 4.13. The number of carbonyl (C=O) groups is 1. The van der Waals surface area contributed by atoms with E-state index in [1.54, 1.807) is 12.1 Å². The monoisotopic (exact) mass is 375 g/mol. The molecule has 4 rings (SSSR count). The van der Waals surface area contributed by atoms with Crippen LogP contribution in [0, 0.1) is 6.92 Å². The van der Waals surface area contributed by atoms with Crippen molar-refractivity contribution in [3.63, 3.8) is 0 Å². The summed E-state index contributed by atoms with van der Waals surface area (Å²) in [5.41, 5.74) is 3.24. The predicted molar refractivity (Wildman–Crippen MR) is 107 cm³/mol. The van der Waals surface area contributed by atoms with Crippen molar-refractivity contribution in [1.29, 1.82) is 0 Å². The van der Waals surface area contributed by atoms with Crippen molar-refractivity contribution in [3.8, 4) is 11.3 Å². The number of allylic oxidation sites excluding steroid dienone is 1. The Morgan fingerprint density at radius 2 is 2.07 bits per heavy atom. The van der Waals surface area contributed by atoms with Gasteiger partial charge in [-0.25, -0.2) is 0 Å². The second-order valence-electron chi connectivity index (χ2n) is 6.11. The Morgan fingerprint density at radius 3 is 2.85 bits per heavy atom. The van der Waals surface area contributed by atoms with Gasteiger partial charge in [-0.15, -0.1) is 6.58 Å². The highest BCUT2D eigenvalue weighted by Gasteiger charge is 2.14. The van der Waals surface area contributed by atoms with Crippen LogP contribution in [0.3, 0.4) is 0 Å². The first-order valence-electron chi connectivity index (χ1n) is 8.48. The molecular weight excluding hydrogens is 358 g/mol. The minimum atomic E-state index is -0.429. The van der Waals surface area contributed by atoms with Crippen LogP contribution in [0.25, 0.3) is 21.5 Å². The number of hydrogen-bond donors (Lipinski definition) is 0. The lowest BCUT2D eigenvalue weighted by Crippen LogP contribution is -2.16. The van der Waals surface area contributed by atoms with Crippen LogP contribution in [-0.2, 0) is 6.54 Å². The Kier molecular flexibility index (Phi) is 4.56. The quantitative estimate of drug-likeness (QED) is 0.490. The summed E-state index contributed by atoms with van der Waals surface area (Å²) in [5, 5.41) is 3.89. The maximum atomic E-state index is 12.6. The standard InChI is InChI=1S/C21H17N3O2S/c1-3-11-24-17-10-9-14(2)12-19(17)27-21(24)22-20(25)16-13-18(26-23-16)15-7-5-4-6-8-15/h3-10,12-13H,1,11H2,2H3. The Balaban J connectivity index is 1.75. The number of rotatable bonds is 4. The average Bonchev–Trinajstić information content (AvgIpc) is 3.28. The zero-order valence-electron chi connectivity index (χ0n) is 14.8. The number of amides is 1. The summed E-state index contributed by atoms with van der Waals surface area (Å²) in [7, 11) is 0. The number of thiazole rings is 1. The minimum Gasteiger partial charge on any atom is -0.355 e. The second-order valence-corrected chi connectivity index (χ2v) is 7.12. The van der Waals surface area contributed by atoms with Crippen LogP contribution in [0.4, 0.5) is 0 Å². The number of nitrogens with zero attached hydrogens (tertiary/aromatic N) is 3. The van der Waals surface area contributed by atoms with Crippen LogP contribution >= 0.6 is 11.3 Å². The lowest BCUT2D eigenvalue weighted by molar-refractivity contribution is 0.0989. The highest BCUT2D eigenvalue weighted by Crippen LogP contribution is 2.21. The van der Waals surface area contributed by atoms with E-state index < -0.39 is 5.91 Å². The van der Waals surface area contributed by atoms with E-state index in [0.29, 0.717) is 17.1 Å². The van der Waals surface area contributed by atoms with Gasteiger partial charge in [0.05, 0.1) is 10.2 Å². The highest BCUT2D eigenvalue weighted by atomic mass is 32.1. The molecule has 4 aromatic rings. The molecule has 0 N–H and O–H groups in total. The zero-order chi connectivity index (χ0) is 18.8. The van der Waals surface area contributed by atoms with Crippen LogP contribution < -0.4 is 4.80 Å². The number of carbonyl (C=O) groups excluding carboxylic acids is 1. The second kappa shape index (κ2) is 7.17. The molecule has 1 amide bonds.